The van der Waals surface area contributed by atoms with Crippen LogP contribution in [0, 0.1) is 6.92 Å². The summed E-state index contributed by atoms with van der Waals surface area (Å²) in [5.41, 5.74) is 3.69. The lowest BCUT2D eigenvalue weighted by Gasteiger charge is -2.14. The van der Waals surface area contributed by atoms with Crippen LogP contribution < -0.4 is 9.47 Å². The second kappa shape index (κ2) is 7.32. The largest absolute Gasteiger partial charge is 0.493 e. The van der Waals surface area contributed by atoms with Crippen molar-refractivity contribution in [3.05, 3.63) is 57.6 Å². The lowest BCUT2D eigenvalue weighted by atomic mass is 10.0. The first-order valence-corrected chi connectivity index (χ1v) is 8.37. The molecule has 2 aromatic rings. The van der Waals surface area contributed by atoms with Crippen molar-refractivity contribution >= 4 is 31.9 Å². The first-order chi connectivity index (χ1) is 10.0. The second-order valence-electron chi connectivity index (χ2n) is 4.87. The van der Waals surface area contributed by atoms with Crippen LogP contribution in [0.2, 0.25) is 0 Å². The molecule has 2 rings (SSSR count). The Morgan fingerprint density at radius 3 is 2.33 bits per heavy atom. The zero-order valence-corrected chi connectivity index (χ0v) is 15.5. The quantitative estimate of drug-likeness (QED) is 0.606. The van der Waals surface area contributed by atoms with E-state index in [1.807, 2.05) is 12.1 Å². The molecule has 112 valence electrons. The van der Waals surface area contributed by atoms with Crippen molar-refractivity contribution in [1.29, 1.82) is 0 Å². The van der Waals surface area contributed by atoms with Gasteiger partial charge < -0.3 is 9.47 Å². The zero-order chi connectivity index (χ0) is 15.4. The molecule has 0 saturated carbocycles. The van der Waals surface area contributed by atoms with Crippen LogP contribution in [0.3, 0.4) is 0 Å². The molecule has 21 heavy (non-hydrogen) atoms. The molecule has 0 amide bonds. The van der Waals surface area contributed by atoms with Gasteiger partial charge in [-0.05, 0) is 48.2 Å². The van der Waals surface area contributed by atoms with E-state index in [2.05, 4.69) is 63.0 Å². The Kier molecular flexibility index (Phi) is 5.71. The van der Waals surface area contributed by atoms with Gasteiger partial charge in [0.2, 0.25) is 0 Å². The maximum absolute atomic E-state index is 5.35. The smallest absolute Gasteiger partial charge is 0.160 e. The van der Waals surface area contributed by atoms with Crippen LogP contribution in [0.5, 0.6) is 11.5 Å². The summed E-state index contributed by atoms with van der Waals surface area (Å²) in [7, 11) is 3.30. The molecule has 1 unspecified atom stereocenters. The number of alkyl halides is 1. The van der Waals surface area contributed by atoms with Crippen LogP contribution in [0.15, 0.2) is 40.9 Å². The van der Waals surface area contributed by atoms with Crippen LogP contribution in [-0.4, -0.2) is 14.2 Å². The summed E-state index contributed by atoms with van der Waals surface area (Å²) in [6, 6.07) is 12.5. The molecule has 0 bridgehead atoms. The van der Waals surface area contributed by atoms with Gasteiger partial charge in [-0.15, -0.1) is 0 Å². The molecule has 0 spiro atoms. The fraction of sp³-hybridized carbons (Fsp3) is 0.294. The van der Waals surface area contributed by atoms with Gasteiger partial charge in [-0.2, -0.15) is 0 Å². The molecule has 0 aliphatic rings. The zero-order valence-electron chi connectivity index (χ0n) is 12.3. The van der Waals surface area contributed by atoms with Crippen molar-refractivity contribution in [3.8, 4) is 11.5 Å². The summed E-state index contributed by atoms with van der Waals surface area (Å²) in [4.78, 5) is 0.257. The summed E-state index contributed by atoms with van der Waals surface area (Å²) in [5, 5.41) is 0. The normalized spacial score (nSPS) is 12.0. The average Bonchev–Trinajstić information content (AvgIpc) is 2.49. The fourth-order valence-electron chi connectivity index (χ4n) is 2.14. The predicted molar refractivity (Wildman–Crippen MR) is 93.8 cm³/mol. The van der Waals surface area contributed by atoms with E-state index < -0.39 is 0 Å². The molecular formula is C17H18Br2O2. The number of benzene rings is 2. The first-order valence-electron chi connectivity index (χ1n) is 6.66. The van der Waals surface area contributed by atoms with Crippen molar-refractivity contribution < 1.29 is 9.47 Å². The first kappa shape index (κ1) is 16.4. The molecule has 0 aliphatic heterocycles. The Labute approximate surface area is 142 Å². The van der Waals surface area contributed by atoms with Gasteiger partial charge in [-0.1, -0.05) is 50.1 Å². The highest BCUT2D eigenvalue weighted by Crippen LogP contribution is 2.33. The molecule has 0 aromatic heterocycles. The minimum Gasteiger partial charge on any atom is -0.493 e. The Morgan fingerprint density at radius 2 is 1.71 bits per heavy atom. The maximum Gasteiger partial charge on any atom is 0.160 e. The van der Waals surface area contributed by atoms with Crippen molar-refractivity contribution in [2.45, 2.75) is 18.2 Å². The van der Waals surface area contributed by atoms with Gasteiger partial charge in [0.15, 0.2) is 11.5 Å². The van der Waals surface area contributed by atoms with E-state index in [1.54, 1.807) is 14.2 Å². The number of methoxy groups -OCH3 is 2. The summed E-state index contributed by atoms with van der Waals surface area (Å²) >= 11 is 7.35. The predicted octanol–water partition coefficient (Wildman–Crippen LogP) is 5.45. The van der Waals surface area contributed by atoms with E-state index in [0.29, 0.717) is 0 Å². The highest BCUT2D eigenvalue weighted by Gasteiger charge is 2.12. The molecule has 1 atom stereocenters. The lowest BCUT2D eigenvalue weighted by Crippen LogP contribution is -1.98. The Bertz CT molecular complexity index is 626. The summed E-state index contributed by atoms with van der Waals surface area (Å²) in [5.74, 6) is 1.52. The second-order valence-corrected chi connectivity index (χ2v) is 6.83. The van der Waals surface area contributed by atoms with Crippen molar-refractivity contribution in [2.24, 2.45) is 0 Å². The van der Waals surface area contributed by atoms with Crippen LogP contribution >= 0.6 is 31.9 Å². The topological polar surface area (TPSA) is 18.5 Å². The van der Waals surface area contributed by atoms with Gasteiger partial charge >= 0.3 is 0 Å². The third-order valence-electron chi connectivity index (χ3n) is 3.42. The van der Waals surface area contributed by atoms with Crippen molar-refractivity contribution in [3.63, 3.8) is 0 Å². The standard InChI is InChI=1S/C17H18Br2O2/c1-11-4-6-13(10-14(11)18)15(19)8-12-5-7-16(20-2)17(9-12)21-3/h4-7,9-10,15H,8H2,1-3H3. The highest BCUT2D eigenvalue weighted by molar-refractivity contribution is 9.10. The van der Waals surface area contributed by atoms with Crippen molar-refractivity contribution in [2.75, 3.05) is 14.2 Å². The minimum atomic E-state index is 0.257. The van der Waals surface area contributed by atoms with Gasteiger partial charge in [0.1, 0.15) is 0 Å². The third kappa shape index (κ3) is 4.01. The number of aryl methyl sites for hydroxylation is 1. The Hall–Kier alpha value is -1.00. The summed E-state index contributed by atoms with van der Waals surface area (Å²) in [6.45, 7) is 2.09. The van der Waals surface area contributed by atoms with Gasteiger partial charge in [-0.25, -0.2) is 0 Å². The van der Waals surface area contributed by atoms with E-state index in [0.717, 1.165) is 22.4 Å². The summed E-state index contributed by atoms with van der Waals surface area (Å²) < 4.78 is 11.8. The minimum absolute atomic E-state index is 0.257. The number of halogens is 2. The molecule has 0 N–H and O–H groups in total. The highest BCUT2D eigenvalue weighted by atomic mass is 79.9. The molecule has 0 fully saturated rings. The molecule has 0 saturated heterocycles. The van der Waals surface area contributed by atoms with E-state index in [-0.39, 0.29) is 4.83 Å². The Balaban J connectivity index is 2.18. The monoisotopic (exact) mass is 412 g/mol. The van der Waals surface area contributed by atoms with E-state index >= 15 is 0 Å². The maximum atomic E-state index is 5.35. The molecular weight excluding hydrogens is 396 g/mol. The third-order valence-corrected chi connectivity index (χ3v) is 5.13. The molecule has 2 aromatic carbocycles. The fourth-order valence-corrected chi connectivity index (χ4v) is 3.19. The average molecular weight is 414 g/mol. The van der Waals surface area contributed by atoms with Crippen LogP contribution in [0.1, 0.15) is 21.5 Å². The van der Waals surface area contributed by atoms with Gasteiger partial charge in [-0.3, -0.25) is 0 Å². The number of hydrogen-bond acceptors (Lipinski definition) is 2. The van der Waals surface area contributed by atoms with E-state index in [4.69, 9.17) is 9.47 Å². The van der Waals surface area contributed by atoms with Crippen molar-refractivity contribution in [1.82, 2.24) is 0 Å². The molecule has 0 radical (unpaired) electrons. The molecule has 0 aliphatic carbocycles. The van der Waals surface area contributed by atoms with Gasteiger partial charge in [0.05, 0.1) is 14.2 Å². The number of rotatable bonds is 5. The van der Waals surface area contributed by atoms with Gasteiger partial charge in [0, 0.05) is 9.30 Å². The molecule has 4 heteroatoms. The molecule has 0 heterocycles. The SMILES string of the molecule is COc1ccc(CC(Br)c2ccc(C)c(Br)c2)cc1OC. The van der Waals surface area contributed by atoms with Crippen LogP contribution in [0.25, 0.3) is 0 Å². The van der Waals surface area contributed by atoms with E-state index in [1.165, 1.54) is 16.7 Å². The summed E-state index contributed by atoms with van der Waals surface area (Å²) in [6.07, 6.45) is 0.885. The van der Waals surface area contributed by atoms with Crippen LogP contribution in [0.4, 0.5) is 0 Å². The molecule has 2 nitrogen and oxygen atoms in total. The van der Waals surface area contributed by atoms with E-state index in [9.17, 15) is 0 Å². The van der Waals surface area contributed by atoms with Gasteiger partial charge in [0.25, 0.3) is 0 Å². The Morgan fingerprint density at radius 1 is 1.00 bits per heavy atom. The lowest BCUT2D eigenvalue weighted by molar-refractivity contribution is 0.354. The number of hydrogen-bond donors (Lipinski definition) is 0. The van der Waals surface area contributed by atoms with Crippen LogP contribution in [-0.2, 0) is 6.42 Å². The number of ether oxygens (including phenoxy) is 2.